The predicted octanol–water partition coefficient (Wildman–Crippen LogP) is 2.53. The van der Waals surface area contributed by atoms with Crippen molar-refractivity contribution in [1.82, 2.24) is 9.97 Å². The number of aryl methyl sites for hydroxylation is 1. The van der Waals surface area contributed by atoms with E-state index < -0.39 is 0 Å². The van der Waals surface area contributed by atoms with E-state index in [1.165, 1.54) is 10.4 Å². The van der Waals surface area contributed by atoms with Crippen molar-refractivity contribution in [3.05, 3.63) is 50.8 Å². The van der Waals surface area contributed by atoms with Crippen LogP contribution in [0.15, 0.2) is 27.6 Å². The molecule has 0 aliphatic heterocycles. The van der Waals surface area contributed by atoms with E-state index in [0.29, 0.717) is 5.92 Å². The van der Waals surface area contributed by atoms with Crippen LogP contribution in [0.1, 0.15) is 48.3 Å². The van der Waals surface area contributed by atoms with Crippen LogP contribution in [0.4, 0.5) is 0 Å². The van der Waals surface area contributed by atoms with Gasteiger partial charge in [0.2, 0.25) is 0 Å². The number of quaternary nitrogens is 1. The van der Waals surface area contributed by atoms with Gasteiger partial charge < -0.3 is 14.7 Å². The number of aromatic nitrogens is 2. The van der Waals surface area contributed by atoms with Crippen LogP contribution in [0.2, 0.25) is 0 Å². The number of thiophene rings is 1. The first-order chi connectivity index (χ1) is 11.6. The van der Waals surface area contributed by atoms with E-state index in [9.17, 15) is 4.79 Å². The highest BCUT2D eigenvalue weighted by Crippen LogP contribution is 2.35. The second kappa shape index (κ2) is 6.18. The zero-order valence-corrected chi connectivity index (χ0v) is 14.8. The fourth-order valence-corrected chi connectivity index (χ4v) is 4.80. The number of aromatic amines is 1. The lowest BCUT2D eigenvalue weighted by Gasteiger charge is -2.17. The molecule has 3 aromatic heterocycles. The lowest BCUT2D eigenvalue weighted by atomic mass is 9.89. The summed E-state index contributed by atoms with van der Waals surface area (Å²) in [6.07, 6.45) is 4.91. The number of hydrogen-bond acceptors (Lipinski definition) is 4. The van der Waals surface area contributed by atoms with Gasteiger partial charge in [-0.05, 0) is 49.8 Å². The van der Waals surface area contributed by atoms with Crippen LogP contribution in [-0.4, -0.2) is 9.97 Å². The molecule has 126 valence electrons. The number of nitrogens with two attached hydrogens (primary N) is 1. The quantitative estimate of drug-likeness (QED) is 0.764. The Morgan fingerprint density at radius 3 is 3.21 bits per heavy atom. The predicted molar refractivity (Wildman–Crippen MR) is 94.2 cm³/mol. The number of nitrogens with one attached hydrogen (secondary N) is 1. The number of hydrogen-bond donors (Lipinski definition) is 2. The number of fused-ring (bicyclic) bond motifs is 3. The van der Waals surface area contributed by atoms with Crippen LogP contribution >= 0.6 is 11.3 Å². The minimum absolute atomic E-state index is 0.0142. The van der Waals surface area contributed by atoms with Gasteiger partial charge >= 0.3 is 0 Å². The molecular weight excluding hydrogens is 322 g/mol. The Balaban J connectivity index is 1.64. The zero-order chi connectivity index (χ0) is 16.7. The highest BCUT2D eigenvalue weighted by molar-refractivity contribution is 7.18. The minimum Gasteiger partial charge on any atom is -0.463 e. The summed E-state index contributed by atoms with van der Waals surface area (Å²) in [6.45, 7) is 5.07. The maximum Gasteiger partial charge on any atom is 0.260 e. The third-order valence-electron chi connectivity index (χ3n) is 4.87. The first kappa shape index (κ1) is 15.6. The Morgan fingerprint density at radius 1 is 1.54 bits per heavy atom. The second-order valence-corrected chi connectivity index (χ2v) is 7.87. The highest BCUT2D eigenvalue weighted by atomic mass is 32.1. The van der Waals surface area contributed by atoms with Crippen molar-refractivity contribution >= 4 is 21.6 Å². The summed E-state index contributed by atoms with van der Waals surface area (Å²) in [4.78, 5) is 22.7. The molecule has 5 nitrogen and oxygen atoms in total. The van der Waals surface area contributed by atoms with Crippen molar-refractivity contribution in [2.45, 2.75) is 45.7 Å². The summed E-state index contributed by atoms with van der Waals surface area (Å²) in [5, 5.41) is 2.95. The van der Waals surface area contributed by atoms with Gasteiger partial charge in [0.25, 0.3) is 5.56 Å². The third kappa shape index (κ3) is 2.80. The lowest BCUT2D eigenvalue weighted by molar-refractivity contribution is -0.710. The molecule has 3 N–H and O–H groups in total. The summed E-state index contributed by atoms with van der Waals surface area (Å²) >= 11 is 1.70. The van der Waals surface area contributed by atoms with Crippen molar-refractivity contribution in [2.75, 3.05) is 0 Å². The van der Waals surface area contributed by atoms with Gasteiger partial charge in [0.05, 0.1) is 11.6 Å². The van der Waals surface area contributed by atoms with E-state index in [0.717, 1.165) is 47.6 Å². The first-order valence-corrected chi connectivity index (χ1v) is 9.33. The zero-order valence-electron chi connectivity index (χ0n) is 14.0. The third-order valence-corrected chi connectivity index (χ3v) is 6.02. The van der Waals surface area contributed by atoms with Crippen molar-refractivity contribution in [2.24, 2.45) is 5.92 Å². The first-order valence-electron chi connectivity index (χ1n) is 8.52. The summed E-state index contributed by atoms with van der Waals surface area (Å²) in [5.41, 5.74) is 1.25. The van der Waals surface area contributed by atoms with Gasteiger partial charge in [0, 0.05) is 4.88 Å². The summed E-state index contributed by atoms with van der Waals surface area (Å²) in [6, 6.07) is 3.92. The molecule has 2 atom stereocenters. The number of H-pyrrole nitrogens is 1. The largest absolute Gasteiger partial charge is 0.463 e. The fraction of sp³-hybridized carbons (Fsp3) is 0.444. The molecule has 1 aliphatic rings. The van der Waals surface area contributed by atoms with E-state index in [1.807, 2.05) is 12.1 Å². The average molecular weight is 344 g/mol. The Morgan fingerprint density at radius 2 is 2.42 bits per heavy atom. The molecule has 0 radical (unpaired) electrons. The van der Waals surface area contributed by atoms with Gasteiger partial charge in [0.15, 0.2) is 11.6 Å². The molecule has 0 bridgehead atoms. The summed E-state index contributed by atoms with van der Waals surface area (Å²) in [5.74, 6) is 2.36. The van der Waals surface area contributed by atoms with Crippen molar-refractivity contribution in [3.8, 4) is 0 Å². The van der Waals surface area contributed by atoms with E-state index in [1.54, 1.807) is 17.6 Å². The van der Waals surface area contributed by atoms with E-state index in [2.05, 4.69) is 24.1 Å². The van der Waals surface area contributed by atoms with Crippen LogP contribution in [-0.2, 0) is 19.4 Å². The molecule has 4 rings (SSSR count). The average Bonchev–Trinajstić information content (AvgIpc) is 3.18. The van der Waals surface area contributed by atoms with Crippen LogP contribution < -0.4 is 10.9 Å². The molecule has 0 amide bonds. The molecule has 3 aromatic rings. The standard InChI is InChI=1S/C18H21N3O2S/c1-10-5-6-13-14(8-10)24-18-15(13)17(22)20-16(21-18)11(2)19-9-12-4-3-7-23-12/h3-4,7,10-11,19H,5-6,8-9H2,1-2H3,(H,20,21,22)/p+1/t10-,11-/m1/s1. The molecule has 0 spiro atoms. The van der Waals surface area contributed by atoms with Gasteiger partial charge in [-0.1, -0.05) is 6.92 Å². The Kier molecular flexibility index (Phi) is 4.02. The van der Waals surface area contributed by atoms with Crippen LogP contribution in [0.3, 0.4) is 0 Å². The van der Waals surface area contributed by atoms with Crippen LogP contribution in [0, 0.1) is 5.92 Å². The maximum absolute atomic E-state index is 12.6. The van der Waals surface area contributed by atoms with Gasteiger partial charge in [-0.15, -0.1) is 11.3 Å². The molecular formula is C18H22N3O2S+. The van der Waals surface area contributed by atoms with Crippen molar-refractivity contribution in [3.63, 3.8) is 0 Å². The topological polar surface area (TPSA) is 75.5 Å². The second-order valence-electron chi connectivity index (χ2n) is 6.79. The molecule has 24 heavy (non-hydrogen) atoms. The minimum atomic E-state index is 0.0142. The van der Waals surface area contributed by atoms with E-state index >= 15 is 0 Å². The SMILES string of the molecule is C[C@@H]1CCc2c(sc3nc([C@@H](C)[NH2+]Cc4ccco4)[nH]c(=O)c23)C1. The van der Waals surface area contributed by atoms with Crippen LogP contribution in [0.5, 0.6) is 0 Å². The lowest BCUT2D eigenvalue weighted by Crippen LogP contribution is -2.83. The number of rotatable bonds is 4. The molecule has 0 unspecified atom stereocenters. The van der Waals surface area contributed by atoms with E-state index in [-0.39, 0.29) is 11.6 Å². The maximum atomic E-state index is 12.6. The Labute approximate surface area is 144 Å². The Hall–Kier alpha value is -1.92. The molecule has 0 fully saturated rings. The van der Waals surface area contributed by atoms with Crippen LogP contribution in [0.25, 0.3) is 10.2 Å². The van der Waals surface area contributed by atoms with Gasteiger partial charge in [-0.3, -0.25) is 4.79 Å². The summed E-state index contributed by atoms with van der Waals surface area (Å²) < 4.78 is 5.36. The summed E-state index contributed by atoms with van der Waals surface area (Å²) in [7, 11) is 0. The molecule has 0 aromatic carbocycles. The molecule has 1 aliphatic carbocycles. The van der Waals surface area contributed by atoms with Crippen molar-refractivity contribution < 1.29 is 9.73 Å². The molecule has 0 saturated heterocycles. The monoisotopic (exact) mass is 344 g/mol. The molecule has 6 heteroatoms. The Bertz CT molecular complexity index is 910. The van der Waals surface area contributed by atoms with Crippen molar-refractivity contribution in [1.29, 1.82) is 0 Å². The van der Waals surface area contributed by atoms with Gasteiger partial charge in [-0.2, -0.15) is 0 Å². The smallest absolute Gasteiger partial charge is 0.260 e. The highest BCUT2D eigenvalue weighted by Gasteiger charge is 2.24. The normalized spacial score (nSPS) is 18.7. The van der Waals surface area contributed by atoms with E-state index in [4.69, 9.17) is 9.40 Å². The fourth-order valence-electron chi connectivity index (χ4n) is 3.41. The number of nitrogens with zero attached hydrogens (tertiary/aromatic N) is 1. The molecule has 0 saturated carbocycles. The number of furan rings is 1. The van der Waals surface area contributed by atoms with Gasteiger partial charge in [-0.25, -0.2) is 4.98 Å². The van der Waals surface area contributed by atoms with Gasteiger partial charge in [0.1, 0.15) is 17.4 Å². The molecule has 3 heterocycles.